The highest BCUT2D eigenvalue weighted by Crippen LogP contribution is 2.22. The molecule has 94 valence electrons. The summed E-state index contributed by atoms with van der Waals surface area (Å²) in [4.78, 5) is 15.1. The molecule has 0 saturated heterocycles. The highest BCUT2D eigenvalue weighted by Gasteiger charge is 2.08. The molecule has 3 rings (SSSR count). The molecule has 0 bridgehead atoms. The average Bonchev–Trinajstić information content (AvgIpc) is 2.47. The quantitative estimate of drug-likeness (QED) is 0.716. The molecule has 0 radical (unpaired) electrons. The van der Waals surface area contributed by atoms with Crippen molar-refractivity contribution in [2.45, 2.75) is 6.54 Å². The largest absolute Gasteiger partial charge is 0.353 e. The lowest BCUT2D eigenvalue weighted by atomic mass is 10.2. The fourth-order valence-corrected chi connectivity index (χ4v) is 2.10. The van der Waals surface area contributed by atoms with Gasteiger partial charge in [0.15, 0.2) is 0 Å². The van der Waals surface area contributed by atoms with Gasteiger partial charge in [-0.05, 0) is 24.3 Å². The standard InChI is InChI=1S/C15H14N4/c1-19(10-12-6-4-5-9-16-12)15-13-7-2-3-8-14(13)17-11-18-15/h2-9,11H,10H2,1H3. The summed E-state index contributed by atoms with van der Waals surface area (Å²) in [5.41, 5.74) is 1.98. The minimum absolute atomic E-state index is 0.724. The lowest BCUT2D eigenvalue weighted by Gasteiger charge is -2.19. The maximum atomic E-state index is 4.39. The summed E-state index contributed by atoms with van der Waals surface area (Å²) in [6.45, 7) is 0.724. The zero-order valence-corrected chi connectivity index (χ0v) is 10.7. The van der Waals surface area contributed by atoms with Gasteiger partial charge in [-0.15, -0.1) is 0 Å². The van der Waals surface area contributed by atoms with Crippen LogP contribution in [0.15, 0.2) is 55.0 Å². The number of para-hydroxylation sites is 1. The van der Waals surface area contributed by atoms with Crippen LogP contribution in [0.4, 0.5) is 5.82 Å². The molecule has 1 aromatic carbocycles. The number of hydrogen-bond donors (Lipinski definition) is 0. The Balaban J connectivity index is 1.96. The van der Waals surface area contributed by atoms with Gasteiger partial charge in [0.1, 0.15) is 12.1 Å². The van der Waals surface area contributed by atoms with Crippen molar-refractivity contribution in [3.63, 3.8) is 0 Å². The van der Waals surface area contributed by atoms with Gasteiger partial charge in [0.2, 0.25) is 0 Å². The van der Waals surface area contributed by atoms with Crippen molar-refractivity contribution >= 4 is 16.7 Å². The summed E-state index contributed by atoms with van der Waals surface area (Å²) in [6.07, 6.45) is 3.41. The smallest absolute Gasteiger partial charge is 0.139 e. The third kappa shape index (κ3) is 2.38. The van der Waals surface area contributed by atoms with Crippen molar-refractivity contribution in [2.75, 3.05) is 11.9 Å². The normalized spacial score (nSPS) is 10.6. The van der Waals surface area contributed by atoms with Crippen LogP contribution in [0.1, 0.15) is 5.69 Å². The second-order valence-electron chi connectivity index (χ2n) is 4.39. The van der Waals surface area contributed by atoms with Gasteiger partial charge in [0.25, 0.3) is 0 Å². The van der Waals surface area contributed by atoms with Gasteiger partial charge >= 0.3 is 0 Å². The Labute approximate surface area is 111 Å². The van der Waals surface area contributed by atoms with Crippen molar-refractivity contribution in [1.29, 1.82) is 0 Å². The Bertz CT molecular complexity index is 677. The molecule has 0 amide bonds. The molecule has 0 aliphatic carbocycles. The summed E-state index contributed by atoms with van der Waals surface area (Å²) in [5, 5.41) is 1.06. The van der Waals surface area contributed by atoms with Gasteiger partial charge in [-0.3, -0.25) is 4.98 Å². The number of benzene rings is 1. The van der Waals surface area contributed by atoms with E-state index in [2.05, 4.69) is 19.9 Å². The van der Waals surface area contributed by atoms with Crippen LogP contribution >= 0.6 is 0 Å². The molecule has 0 spiro atoms. The number of hydrogen-bond acceptors (Lipinski definition) is 4. The van der Waals surface area contributed by atoms with Crippen LogP contribution in [-0.4, -0.2) is 22.0 Å². The minimum atomic E-state index is 0.724. The van der Waals surface area contributed by atoms with Gasteiger partial charge in [-0.2, -0.15) is 0 Å². The fourth-order valence-electron chi connectivity index (χ4n) is 2.10. The maximum Gasteiger partial charge on any atom is 0.139 e. The highest BCUT2D eigenvalue weighted by molar-refractivity contribution is 5.88. The van der Waals surface area contributed by atoms with E-state index in [4.69, 9.17) is 0 Å². The molecule has 0 saturated carbocycles. The van der Waals surface area contributed by atoms with E-state index < -0.39 is 0 Å². The second kappa shape index (κ2) is 5.02. The van der Waals surface area contributed by atoms with Crippen molar-refractivity contribution in [2.24, 2.45) is 0 Å². The topological polar surface area (TPSA) is 41.9 Å². The molecule has 2 heterocycles. The molecule has 4 nitrogen and oxygen atoms in total. The van der Waals surface area contributed by atoms with Crippen LogP contribution in [-0.2, 0) is 6.54 Å². The first-order chi connectivity index (χ1) is 9.34. The summed E-state index contributed by atoms with van der Waals surface area (Å²) in [5.74, 6) is 0.927. The number of pyridine rings is 1. The fraction of sp³-hybridized carbons (Fsp3) is 0.133. The summed E-state index contributed by atoms with van der Waals surface area (Å²) < 4.78 is 0. The van der Waals surface area contributed by atoms with E-state index in [1.807, 2.05) is 49.5 Å². The molecule has 3 aromatic rings. The van der Waals surface area contributed by atoms with E-state index in [1.54, 1.807) is 12.5 Å². The van der Waals surface area contributed by atoms with Crippen LogP contribution in [0.25, 0.3) is 10.9 Å². The van der Waals surface area contributed by atoms with Crippen molar-refractivity contribution in [3.8, 4) is 0 Å². The average molecular weight is 250 g/mol. The first-order valence-corrected chi connectivity index (χ1v) is 6.15. The zero-order valence-electron chi connectivity index (χ0n) is 10.7. The van der Waals surface area contributed by atoms with Gasteiger partial charge in [-0.1, -0.05) is 18.2 Å². The molecule has 4 heteroatoms. The predicted octanol–water partition coefficient (Wildman–Crippen LogP) is 2.66. The molecule has 2 aromatic heterocycles. The van der Waals surface area contributed by atoms with Crippen molar-refractivity contribution < 1.29 is 0 Å². The van der Waals surface area contributed by atoms with Crippen LogP contribution < -0.4 is 4.90 Å². The molecule has 0 aliphatic heterocycles. The van der Waals surface area contributed by atoms with Gasteiger partial charge in [-0.25, -0.2) is 9.97 Å². The predicted molar refractivity (Wildman–Crippen MR) is 75.9 cm³/mol. The maximum absolute atomic E-state index is 4.39. The van der Waals surface area contributed by atoms with Crippen LogP contribution in [0.5, 0.6) is 0 Å². The Hall–Kier alpha value is -2.49. The SMILES string of the molecule is CN(Cc1ccccn1)c1ncnc2ccccc12. The Morgan fingerprint density at radius 2 is 1.79 bits per heavy atom. The first-order valence-electron chi connectivity index (χ1n) is 6.15. The third-order valence-electron chi connectivity index (χ3n) is 3.01. The third-order valence-corrected chi connectivity index (χ3v) is 3.01. The van der Waals surface area contributed by atoms with Crippen molar-refractivity contribution in [3.05, 3.63) is 60.7 Å². The van der Waals surface area contributed by atoms with Crippen LogP contribution in [0.2, 0.25) is 0 Å². The van der Waals surface area contributed by atoms with Crippen LogP contribution in [0, 0.1) is 0 Å². The van der Waals surface area contributed by atoms with Crippen molar-refractivity contribution in [1.82, 2.24) is 15.0 Å². The lowest BCUT2D eigenvalue weighted by molar-refractivity contribution is 0.868. The Morgan fingerprint density at radius 3 is 2.63 bits per heavy atom. The number of fused-ring (bicyclic) bond motifs is 1. The molecule has 0 fully saturated rings. The molecular formula is C15H14N4. The molecule has 0 unspecified atom stereocenters. The molecule has 0 aliphatic rings. The first kappa shape index (κ1) is 11.6. The molecule has 19 heavy (non-hydrogen) atoms. The highest BCUT2D eigenvalue weighted by atomic mass is 15.2. The van der Waals surface area contributed by atoms with Gasteiger partial charge in [0, 0.05) is 18.6 Å². The van der Waals surface area contributed by atoms with Gasteiger partial charge in [0.05, 0.1) is 17.8 Å². The number of anilines is 1. The Morgan fingerprint density at radius 1 is 0.947 bits per heavy atom. The van der Waals surface area contributed by atoms with Crippen LogP contribution in [0.3, 0.4) is 0 Å². The molecular weight excluding hydrogens is 236 g/mol. The number of nitrogens with zero attached hydrogens (tertiary/aromatic N) is 4. The lowest BCUT2D eigenvalue weighted by Crippen LogP contribution is -2.18. The summed E-state index contributed by atoms with van der Waals surface area (Å²) >= 11 is 0. The molecule has 0 N–H and O–H groups in total. The van der Waals surface area contributed by atoms with E-state index in [1.165, 1.54) is 0 Å². The minimum Gasteiger partial charge on any atom is -0.353 e. The summed E-state index contributed by atoms with van der Waals surface area (Å²) in [7, 11) is 2.02. The zero-order chi connectivity index (χ0) is 13.1. The van der Waals surface area contributed by atoms with E-state index in [0.29, 0.717) is 0 Å². The van der Waals surface area contributed by atoms with E-state index in [-0.39, 0.29) is 0 Å². The monoisotopic (exact) mass is 250 g/mol. The summed E-state index contributed by atoms with van der Waals surface area (Å²) in [6, 6.07) is 14.0. The van der Waals surface area contributed by atoms with E-state index >= 15 is 0 Å². The second-order valence-corrected chi connectivity index (χ2v) is 4.39. The van der Waals surface area contributed by atoms with E-state index in [9.17, 15) is 0 Å². The van der Waals surface area contributed by atoms with Gasteiger partial charge < -0.3 is 4.90 Å². The molecule has 0 atom stereocenters. The Kier molecular flexibility index (Phi) is 3.06. The number of aromatic nitrogens is 3. The van der Waals surface area contributed by atoms with E-state index in [0.717, 1.165) is 29.0 Å². The number of rotatable bonds is 3.